The number of benzene rings is 2. The molecule has 0 aliphatic carbocycles. The molecular formula is C25H25ClN2O2. The molecule has 2 aromatic carbocycles. The Morgan fingerprint density at radius 1 is 1.13 bits per heavy atom. The highest BCUT2D eigenvalue weighted by Gasteiger charge is 2.26. The van der Waals surface area contributed by atoms with Gasteiger partial charge in [-0.3, -0.25) is 9.78 Å². The fourth-order valence-corrected chi connectivity index (χ4v) is 4.09. The molecule has 1 aliphatic heterocycles. The Kier molecular flexibility index (Phi) is 6.34. The van der Waals surface area contributed by atoms with Crippen LogP contribution in [0.25, 0.3) is 0 Å². The summed E-state index contributed by atoms with van der Waals surface area (Å²) in [5, 5.41) is 0.748. The highest BCUT2D eigenvalue weighted by molar-refractivity contribution is 6.30. The van der Waals surface area contributed by atoms with Crippen LogP contribution in [-0.4, -0.2) is 36.0 Å². The Hall–Kier alpha value is -2.85. The van der Waals surface area contributed by atoms with Gasteiger partial charge in [0.25, 0.3) is 5.91 Å². The van der Waals surface area contributed by atoms with Crippen molar-refractivity contribution in [3.63, 3.8) is 0 Å². The van der Waals surface area contributed by atoms with Gasteiger partial charge >= 0.3 is 0 Å². The number of hydrogen-bond donors (Lipinski definition) is 0. The summed E-state index contributed by atoms with van der Waals surface area (Å²) in [4.78, 5) is 19.6. The van der Waals surface area contributed by atoms with E-state index in [-0.39, 0.29) is 11.8 Å². The molecule has 30 heavy (non-hydrogen) atoms. The van der Waals surface area contributed by atoms with E-state index in [4.69, 9.17) is 21.3 Å². The van der Waals surface area contributed by atoms with Gasteiger partial charge in [-0.1, -0.05) is 35.9 Å². The second-order valence-electron chi connectivity index (χ2n) is 7.72. The molecule has 0 radical (unpaired) electrons. The molecule has 0 spiro atoms. The maximum Gasteiger partial charge on any atom is 0.254 e. The molecule has 1 fully saturated rings. The van der Waals surface area contributed by atoms with Gasteiger partial charge in [-0.25, -0.2) is 0 Å². The number of carbonyl (C=O) groups excluding carboxylic acids is 1. The van der Waals surface area contributed by atoms with Crippen LogP contribution < -0.4 is 4.74 Å². The average molecular weight is 421 g/mol. The topological polar surface area (TPSA) is 42.4 Å². The molecular weight excluding hydrogens is 396 g/mol. The van der Waals surface area contributed by atoms with Crippen molar-refractivity contribution < 1.29 is 9.53 Å². The lowest BCUT2D eigenvalue weighted by Crippen LogP contribution is -2.39. The van der Waals surface area contributed by atoms with Crippen LogP contribution in [0.5, 0.6) is 5.75 Å². The van der Waals surface area contributed by atoms with Crippen molar-refractivity contribution in [3.05, 3.63) is 94.3 Å². The minimum Gasteiger partial charge on any atom is -0.497 e. The van der Waals surface area contributed by atoms with Crippen LogP contribution in [0.4, 0.5) is 0 Å². The molecule has 1 saturated heterocycles. The molecule has 2 heterocycles. The largest absolute Gasteiger partial charge is 0.497 e. The van der Waals surface area contributed by atoms with E-state index >= 15 is 0 Å². The van der Waals surface area contributed by atoms with Crippen molar-refractivity contribution >= 4 is 17.5 Å². The third kappa shape index (κ3) is 4.82. The normalized spacial score (nSPS) is 16.3. The molecule has 3 aromatic rings. The van der Waals surface area contributed by atoms with Crippen LogP contribution in [0.15, 0.2) is 66.9 Å². The fraction of sp³-hybridized carbons (Fsp3) is 0.280. The summed E-state index contributed by atoms with van der Waals surface area (Å²) in [6, 6.07) is 19.5. The van der Waals surface area contributed by atoms with E-state index in [2.05, 4.69) is 12.1 Å². The summed E-state index contributed by atoms with van der Waals surface area (Å²) >= 11 is 5.96. The summed E-state index contributed by atoms with van der Waals surface area (Å²) in [6.45, 7) is 1.47. The number of amides is 1. The first kappa shape index (κ1) is 20.4. The van der Waals surface area contributed by atoms with E-state index in [0.29, 0.717) is 17.9 Å². The van der Waals surface area contributed by atoms with Crippen LogP contribution >= 0.6 is 11.6 Å². The zero-order valence-corrected chi connectivity index (χ0v) is 17.8. The lowest BCUT2D eigenvalue weighted by atomic mass is 9.93. The molecule has 4 rings (SSSR count). The van der Waals surface area contributed by atoms with E-state index in [1.165, 1.54) is 11.1 Å². The Balaban J connectivity index is 1.42. The summed E-state index contributed by atoms with van der Waals surface area (Å²) in [5.74, 6) is 1.02. The van der Waals surface area contributed by atoms with Gasteiger partial charge in [-0.15, -0.1) is 0 Å². The van der Waals surface area contributed by atoms with Gasteiger partial charge in [0, 0.05) is 41.5 Å². The fourth-order valence-electron chi connectivity index (χ4n) is 3.96. The minimum atomic E-state index is 0.0537. The number of piperidine rings is 1. The highest BCUT2D eigenvalue weighted by atomic mass is 35.5. The summed E-state index contributed by atoms with van der Waals surface area (Å²) in [5.41, 5.74) is 4.10. The number of likely N-dealkylation sites (tertiary alicyclic amines) is 1. The predicted molar refractivity (Wildman–Crippen MR) is 119 cm³/mol. The summed E-state index contributed by atoms with van der Waals surface area (Å²) in [7, 11) is 1.61. The number of aromatic nitrogens is 1. The standard InChI is InChI=1S/C25H25ClN2O2/c1-30-23-6-2-4-20(15-23)25(29)28-13-3-5-21(17-28)24-12-9-19(16-27-24)14-18-7-10-22(26)11-8-18/h2,4,6-12,15-16,21H,3,5,13-14,17H2,1H3/t21-/m0/s1. The number of carbonyl (C=O) groups is 1. The second kappa shape index (κ2) is 9.31. The van der Waals surface area contributed by atoms with E-state index in [0.717, 1.165) is 36.5 Å². The van der Waals surface area contributed by atoms with Crippen molar-refractivity contribution in [2.45, 2.75) is 25.2 Å². The monoisotopic (exact) mass is 420 g/mol. The number of methoxy groups -OCH3 is 1. The molecule has 154 valence electrons. The number of nitrogens with zero attached hydrogens (tertiary/aromatic N) is 2. The lowest BCUT2D eigenvalue weighted by molar-refractivity contribution is 0.0705. The first-order chi connectivity index (χ1) is 14.6. The molecule has 4 nitrogen and oxygen atoms in total. The van der Waals surface area contributed by atoms with Gasteiger partial charge in [0.2, 0.25) is 0 Å². The SMILES string of the molecule is COc1cccc(C(=O)N2CCC[C@H](c3ccc(Cc4ccc(Cl)cc4)cn3)C2)c1. The van der Waals surface area contributed by atoms with Crippen molar-refractivity contribution in [3.8, 4) is 5.75 Å². The maximum absolute atomic E-state index is 13.0. The second-order valence-corrected chi connectivity index (χ2v) is 8.15. The molecule has 1 atom stereocenters. The maximum atomic E-state index is 13.0. The first-order valence-corrected chi connectivity index (χ1v) is 10.6. The van der Waals surface area contributed by atoms with Crippen LogP contribution in [0.1, 0.15) is 45.9 Å². The van der Waals surface area contributed by atoms with E-state index in [1.807, 2.05) is 53.6 Å². The molecule has 0 N–H and O–H groups in total. The summed E-state index contributed by atoms with van der Waals surface area (Å²) in [6.07, 6.45) is 4.81. The van der Waals surface area contributed by atoms with Crippen molar-refractivity contribution in [1.82, 2.24) is 9.88 Å². The zero-order chi connectivity index (χ0) is 20.9. The van der Waals surface area contributed by atoms with Gasteiger partial charge in [0.15, 0.2) is 0 Å². The van der Waals surface area contributed by atoms with Crippen LogP contribution in [0, 0.1) is 0 Å². The molecule has 0 bridgehead atoms. The number of pyridine rings is 1. The number of rotatable bonds is 5. The van der Waals surface area contributed by atoms with Gasteiger partial charge in [-0.05, 0) is 66.8 Å². The van der Waals surface area contributed by atoms with E-state index in [9.17, 15) is 4.79 Å². The minimum absolute atomic E-state index is 0.0537. The Morgan fingerprint density at radius 3 is 2.67 bits per heavy atom. The van der Waals surface area contributed by atoms with Gasteiger partial charge in [-0.2, -0.15) is 0 Å². The number of halogens is 1. The molecule has 5 heteroatoms. The molecule has 1 amide bonds. The van der Waals surface area contributed by atoms with E-state index in [1.54, 1.807) is 13.2 Å². The predicted octanol–water partition coefficient (Wildman–Crippen LogP) is 5.35. The van der Waals surface area contributed by atoms with Gasteiger partial charge < -0.3 is 9.64 Å². The van der Waals surface area contributed by atoms with E-state index < -0.39 is 0 Å². The Morgan fingerprint density at radius 2 is 1.93 bits per heavy atom. The smallest absolute Gasteiger partial charge is 0.254 e. The Labute approximate surface area is 182 Å². The number of hydrogen-bond acceptors (Lipinski definition) is 3. The van der Waals surface area contributed by atoms with Crippen LogP contribution in [0.2, 0.25) is 5.02 Å². The third-order valence-corrected chi connectivity index (χ3v) is 5.86. The van der Waals surface area contributed by atoms with Gasteiger partial charge in [0.1, 0.15) is 5.75 Å². The average Bonchev–Trinajstić information content (AvgIpc) is 2.81. The number of ether oxygens (including phenoxy) is 1. The molecule has 1 aromatic heterocycles. The lowest BCUT2D eigenvalue weighted by Gasteiger charge is -2.32. The van der Waals surface area contributed by atoms with Crippen LogP contribution in [0.3, 0.4) is 0 Å². The molecule has 0 saturated carbocycles. The molecule has 1 aliphatic rings. The van der Waals surface area contributed by atoms with Gasteiger partial charge in [0.05, 0.1) is 7.11 Å². The third-order valence-electron chi connectivity index (χ3n) is 5.61. The summed E-state index contributed by atoms with van der Waals surface area (Å²) < 4.78 is 5.26. The first-order valence-electron chi connectivity index (χ1n) is 10.2. The quantitative estimate of drug-likeness (QED) is 0.558. The van der Waals surface area contributed by atoms with Crippen molar-refractivity contribution in [1.29, 1.82) is 0 Å². The van der Waals surface area contributed by atoms with Crippen molar-refractivity contribution in [2.24, 2.45) is 0 Å². The highest BCUT2D eigenvalue weighted by Crippen LogP contribution is 2.27. The molecule has 0 unspecified atom stereocenters. The zero-order valence-electron chi connectivity index (χ0n) is 17.1. The van der Waals surface area contributed by atoms with Crippen LogP contribution in [-0.2, 0) is 6.42 Å². The Bertz CT molecular complexity index is 1000. The van der Waals surface area contributed by atoms with Crippen molar-refractivity contribution in [2.75, 3.05) is 20.2 Å².